The predicted octanol–water partition coefficient (Wildman–Crippen LogP) is 3.54. The summed E-state index contributed by atoms with van der Waals surface area (Å²) in [4.78, 5) is 37.4. The van der Waals surface area contributed by atoms with Crippen molar-refractivity contribution in [3.8, 4) is 0 Å². The fourth-order valence-corrected chi connectivity index (χ4v) is 3.14. The second kappa shape index (κ2) is 8.35. The number of nitrogens with one attached hydrogen (secondary N) is 1. The van der Waals surface area contributed by atoms with Crippen molar-refractivity contribution in [3.63, 3.8) is 0 Å². The Hall–Kier alpha value is -1.79. The van der Waals surface area contributed by atoms with E-state index < -0.39 is 0 Å². The molecule has 0 spiro atoms. The third kappa shape index (κ3) is 5.11. The third-order valence-corrected chi connectivity index (χ3v) is 4.45. The number of halogens is 1. The van der Waals surface area contributed by atoms with Gasteiger partial charge >= 0.3 is 0 Å². The van der Waals surface area contributed by atoms with Crippen LogP contribution in [0.2, 0.25) is 5.02 Å². The number of thioether (sulfide) groups is 1. The van der Waals surface area contributed by atoms with Crippen LogP contribution in [0.5, 0.6) is 0 Å². The molecular formula is C17H19ClN2O3S. The van der Waals surface area contributed by atoms with Gasteiger partial charge in [-0.2, -0.15) is 0 Å². The molecule has 2 rings (SSSR count). The highest BCUT2D eigenvalue weighted by Gasteiger charge is 2.34. The normalized spacial score (nSPS) is 16.3. The van der Waals surface area contributed by atoms with Gasteiger partial charge in [0.15, 0.2) is 0 Å². The van der Waals surface area contributed by atoms with Gasteiger partial charge < -0.3 is 5.32 Å². The third-order valence-electron chi connectivity index (χ3n) is 3.29. The minimum Gasteiger partial charge on any atom is -0.354 e. The Morgan fingerprint density at radius 3 is 2.58 bits per heavy atom. The molecule has 0 aromatic heterocycles. The molecule has 1 saturated heterocycles. The highest BCUT2D eigenvalue weighted by Crippen LogP contribution is 2.32. The number of hydrogen-bond donors (Lipinski definition) is 1. The molecule has 1 aliphatic rings. The van der Waals surface area contributed by atoms with Crippen LogP contribution in [-0.2, 0) is 9.59 Å². The number of rotatable bonds is 6. The van der Waals surface area contributed by atoms with Crippen LogP contribution in [0, 0.1) is 5.92 Å². The second-order valence-electron chi connectivity index (χ2n) is 5.83. The number of amides is 3. The highest BCUT2D eigenvalue weighted by molar-refractivity contribution is 8.18. The topological polar surface area (TPSA) is 66.5 Å². The Bertz CT molecular complexity index is 671. The van der Waals surface area contributed by atoms with Crippen molar-refractivity contribution < 1.29 is 14.4 Å². The summed E-state index contributed by atoms with van der Waals surface area (Å²) in [6.07, 6.45) is 2.09. The predicted molar refractivity (Wildman–Crippen MR) is 96.6 cm³/mol. The monoisotopic (exact) mass is 366 g/mol. The first-order valence-electron chi connectivity index (χ1n) is 7.64. The molecule has 0 aliphatic carbocycles. The fourth-order valence-electron chi connectivity index (χ4n) is 2.15. The second-order valence-corrected chi connectivity index (χ2v) is 7.26. The van der Waals surface area contributed by atoms with Gasteiger partial charge in [-0.05, 0) is 41.5 Å². The summed E-state index contributed by atoms with van der Waals surface area (Å²) < 4.78 is 0. The average Bonchev–Trinajstić information content (AvgIpc) is 2.76. The lowest BCUT2D eigenvalue weighted by atomic mass is 10.1. The van der Waals surface area contributed by atoms with Gasteiger partial charge in [0.25, 0.3) is 11.1 Å². The summed E-state index contributed by atoms with van der Waals surface area (Å²) in [6.45, 7) is 4.35. The van der Waals surface area contributed by atoms with Gasteiger partial charge in [-0.1, -0.05) is 37.6 Å². The molecule has 0 bridgehead atoms. The van der Waals surface area contributed by atoms with Crippen molar-refractivity contribution in [2.24, 2.45) is 5.92 Å². The van der Waals surface area contributed by atoms with E-state index in [2.05, 4.69) is 5.32 Å². The first-order chi connectivity index (χ1) is 11.4. The smallest absolute Gasteiger partial charge is 0.293 e. The average molecular weight is 367 g/mol. The molecule has 1 N–H and O–H groups in total. The molecule has 0 radical (unpaired) electrons. The van der Waals surface area contributed by atoms with Crippen LogP contribution >= 0.6 is 23.4 Å². The van der Waals surface area contributed by atoms with Gasteiger partial charge in [0, 0.05) is 24.5 Å². The van der Waals surface area contributed by atoms with Gasteiger partial charge in [-0.15, -0.1) is 0 Å². The van der Waals surface area contributed by atoms with Crippen molar-refractivity contribution >= 4 is 46.5 Å². The minimum absolute atomic E-state index is 0.0753. The van der Waals surface area contributed by atoms with Crippen LogP contribution in [0.3, 0.4) is 0 Å². The van der Waals surface area contributed by atoms with E-state index in [1.165, 1.54) is 0 Å². The Kier molecular flexibility index (Phi) is 6.45. The zero-order valence-electron chi connectivity index (χ0n) is 13.5. The summed E-state index contributed by atoms with van der Waals surface area (Å²) in [5.41, 5.74) is 0.801. The molecule has 0 saturated carbocycles. The lowest BCUT2D eigenvalue weighted by molar-refractivity contribution is -0.124. The van der Waals surface area contributed by atoms with Gasteiger partial charge in [0.1, 0.15) is 0 Å². The fraction of sp³-hybridized carbons (Fsp3) is 0.353. The van der Waals surface area contributed by atoms with Gasteiger partial charge in [0.2, 0.25) is 5.91 Å². The molecule has 24 heavy (non-hydrogen) atoms. The van der Waals surface area contributed by atoms with E-state index >= 15 is 0 Å². The summed E-state index contributed by atoms with van der Waals surface area (Å²) >= 11 is 6.73. The molecule has 5 nitrogen and oxygen atoms in total. The molecule has 128 valence electrons. The summed E-state index contributed by atoms with van der Waals surface area (Å²) in [5, 5.41) is 3.01. The zero-order valence-corrected chi connectivity index (χ0v) is 15.1. The first kappa shape index (κ1) is 18.5. The molecule has 1 aliphatic heterocycles. The maximum Gasteiger partial charge on any atom is 0.293 e. The summed E-state index contributed by atoms with van der Waals surface area (Å²) in [6, 6.07) is 7.01. The van der Waals surface area contributed by atoms with E-state index in [1.54, 1.807) is 30.3 Å². The van der Waals surface area contributed by atoms with Crippen molar-refractivity contribution in [2.75, 3.05) is 13.1 Å². The van der Waals surface area contributed by atoms with Crippen molar-refractivity contribution in [2.45, 2.75) is 20.3 Å². The summed E-state index contributed by atoms with van der Waals surface area (Å²) in [5.74, 6) is -0.142. The zero-order chi connectivity index (χ0) is 17.7. The van der Waals surface area contributed by atoms with E-state index in [1.807, 2.05) is 13.8 Å². The van der Waals surface area contributed by atoms with Crippen molar-refractivity contribution in [1.29, 1.82) is 0 Å². The number of benzene rings is 1. The molecule has 7 heteroatoms. The van der Waals surface area contributed by atoms with E-state index in [-0.39, 0.29) is 36.1 Å². The molecule has 3 amide bonds. The van der Waals surface area contributed by atoms with E-state index in [0.29, 0.717) is 16.3 Å². The lowest BCUT2D eigenvalue weighted by Gasteiger charge is -2.13. The van der Waals surface area contributed by atoms with Crippen LogP contribution in [0.4, 0.5) is 4.79 Å². The minimum atomic E-state index is -0.335. The van der Waals surface area contributed by atoms with E-state index in [4.69, 9.17) is 11.6 Å². The summed E-state index contributed by atoms with van der Waals surface area (Å²) in [7, 11) is 0. The number of imide groups is 1. The van der Waals surface area contributed by atoms with Crippen LogP contribution in [0.1, 0.15) is 25.8 Å². The molecule has 1 heterocycles. The molecule has 1 fully saturated rings. The van der Waals surface area contributed by atoms with Crippen molar-refractivity contribution in [1.82, 2.24) is 10.2 Å². The standard InChI is InChI=1S/C17H19ClN2O3S/c1-11(2)9-15(21)19-7-8-20-16(22)14(24-17(20)23)10-12-3-5-13(18)6-4-12/h3-6,10-11H,7-9H2,1-2H3,(H,19,21). The SMILES string of the molecule is CC(C)CC(=O)NCCN1C(=O)SC(=Cc2ccc(Cl)cc2)C1=O. The Balaban J connectivity index is 1.94. The molecular weight excluding hydrogens is 348 g/mol. The Morgan fingerprint density at radius 1 is 1.29 bits per heavy atom. The Labute approximate surface area is 150 Å². The first-order valence-corrected chi connectivity index (χ1v) is 8.84. The quantitative estimate of drug-likeness (QED) is 0.782. The van der Waals surface area contributed by atoms with E-state index in [9.17, 15) is 14.4 Å². The number of nitrogens with zero attached hydrogens (tertiary/aromatic N) is 1. The van der Waals surface area contributed by atoms with Crippen LogP contribution in [0.25, 0.3) is 6.08 Å². The molecule has 0 unspecified atom stereocenters. The highest BCUT2D eigenvalue weighted by atomic mass is 35.5. The largest absolute Gasteiger partial charge is 0.354 e. The van der Waals surface area contributed by atoms with Crippen LogP contribution in [0.15, 0.2) is 29.2 Å². The number of carbonyl (C=O) groups is 3. The Morgan fingerprint density at radius 2 is 1.96 bits per heavy atom. The number of carbonyl (C=O) groups excluding carboxylic acids is 3. The number of hydrogen-bond acceptors (Lipinski definition) is 4. The van der Waals surface area contributed by atoms with Crippen LogP contribution < -0.4 is 5.32 Å². The maximum absolute atomic E-state index is 12.3. The van der Waals surface area contributed by atoms with Crippen molar-refractivity contribution in [3.05, 3.63) is 39.8 Å². The van der Waals surface area contributed by atoms with Gasteiger partial charge in [-0.3, -0.25) is 19.3 Å². The molecule has 1 aromatic rings. The van der Waals surface area contributed by atoms with E-state index in [0.717, 1.165) is 22.2 Å². The lowest BCUT2D eigenvalue weighted by Crippen LogP contribution is -2.37. The van der Waals surface area contributed by atoms with Gasteiger partial charge in [0.05, 0.1) is 4.91 Å². The van der Waals surface area contributed by atoms with Gasteiger partial charge in [-0.25, -0.2) is 0 Å². The van der Waals surface area contributed by atoms with Crippen LogP contribution in [-0.4, -0.2) is 35.0 Å². The molecule has 0 atom stereocenters. The maximum atomic E-state index is 12.3. The molecule has 1 aromatic carbocycles.